The van der Waals surface area contributed by atoms with E-state index in [2.05, 4.69) is 6.08 Å². The SMILES string of the molecule is NCCC1C=CC(O)CC1. The van der Waals surface area contributed by atoms with Crippen LogP contribution < -0.4 is 5.73 Å². The second-order valence-corrected chi connectivity index (χ2v) is 2.87. The first-order valence-corrected chi connectivity index (χ1v) is 3.89. The van der Waals surface area contributed by atoms with Crippen LogP contribution >= 0.6 is 0 Å². The number of nitrogens with two attached hydrogens (primary N) is 1. The van der Waals surface area contributed by atoms with Gasteiger partial charge in [-0.25, -0.2) is 0 Å². The van der Waals surface area contributed by atoms with Crippen molar-refractivity contribution in [2.75, 3.05) is 6.54 Å². The van der Waals surface area contributed by atoms with Gasteiger partial charge in [-0.2, -0.15) is 0 Å². The highest BCUT2D eigenvalue weighted by atomic mass is 16.3. The molecule has 10 heavy (non-hydrogen) atoms. The highest BCUT2D eigenvalue weighted by Crippen LogP contribution is 2.19. The first-order chi connectivity index (χ1) is 4.83. The van der Waals surface area contributed by atoms with Crippen LogP contribution in [0.4, 0.5) is 0 Å². The molecule has 0 spiro atoms. The minimum atomic E-state index is -0.200. The van der Waals surface area contributed by atoms with Gasteiger partial charge in [0.05, 0.1) is 6.10 Å². The number of hydrogen-bond acceptors (Lipinski definition) is 2. The molecular formula is C8H15NO. The third-order valence-corrected chi connectivity index (χ3v) is 1.98. The molecule has 1 aliphatic rings. The van der Waals surface area contributed by atoms with Crippen LogP contribution in [0.3, 0.4) is 0 Å². The number of rotatable bonds is 2. The van der Waals surface area contributed by atoms with Gasteiger partial charge in [-0.05, 0) is 31.7 Å². The maximum atomic E-state index is 9.08. The molecule has 2 nitrogen and oxygen atoms in total. The maximum Gasteiger partial charge on any atom is 0.0721 e. The van der Waals surface area contributed by atoms with Crippen molar-refractivity contribution >= 4 is 0 Å². The minimum Gasteiger partial charge on any atom is -0.389 e. The van der Waals surface area contributed by atoms with E-state index < -0.39 is 0 Å². The molecule has 58 valence electrons. The molecule has 0 aliphatic heterocycles. The number of aliphatic hydroxyl groups excluding tert-OH is 1. The lowest BCUT2D eigenvalue weighted by Gasteiger charge is -2.18. The van der Waals surface area contributed by atoms with Crippen molar-refractivity contribution in [2.24, 2.45) is 11.7 Å². The van der Waals surface area contributed by atoms with Crippen LogP contribution in [0.15, 0.2) is 12.2 Å². The van der Waals surface area contributed by atoms with Gasteiger partial charge in [0.15, 0.2) is 0 Å². The van der Waals surface area contributed by atoms with Crippen molar-refractivity contribution in [3.8, 4) is 0 Å². The van der Waals surface area contributed by atoms with Crippen LogP contribution in [0.2, 0.25) is 0 Å². The molecule has 0 saturated carbocycles. The van der Waals surface area contributed by atoms with Crippen LogP contribution in [-0.4, -0.2) is 17.8 Å². The van der Waals surface area contributed by atoms with E-state index in [1.165, 1.54) is 0 Å². The largest absolute Gasteiger partial charge is 0.389 e. The molecular weight excluding hydrogens is 126 g/mol. The highest BCUT2D eigenvalue weighted by Gasteiger charge is 2.11. The number of allylic oxidation sites excluding steroid dienone is 1. The lowest BCUT2D eigenvalue weighted by molar-refractivity contribution is 0.194. The smallest absolute Gasteiger partial charge is 0.0721 e. The second kappa shape index (κ2) is 3.74. The fourth-order valence-electron chi connectivity index (χ4n) is 1.32. The fourth-order valence-corrected chi connectivity index (χ4v) is 1.32. The van der Waals surface area contributed by atoms with Crippen molar-refractivity contribution in [1.82, 2.24) is 0 Å². The Morgan fingerprint density at radius 1 is 1.40 bits per heavy atom. The predicted molar refractivity (Wildman–Crippen MR) is 41.5 cm³/mol. The zero-order chi connectivity index (χ0) is 7.40. The van der Waals surface area contributed by atoms with Crippen molar-refractivity contribution in [3.63, 3.8) is 0 Å². The van der Waals surface area contributed by atoms with Gasteiger partial charge < -0.3 is 10.8 Å². The third kappa shape index (κ3) is 2.12. The molecule has 0 heterocycles. The zero-order valence-corrected chi connectivity index (χ0v) is 6.16. The summed E-state index contributed by atoms with van der Waals surface area (Å²) in [5, 5.41) is 9.08. The quantitative estimate of drug-likeness (QED) is 0.555. The molecule has 1 rings (SSSR count). The fraction of sp³-hybridized carbons (Fsp3) is 0.750. The van der Waals surface area contributed by atoms with E-state index in [9.17, 15) is 0 Å². The van der Waals surface area contributed by atoms with E-state index in [0.717, 1.165) is 25.8 Å². The molecule has 0 aromatic carbocycles. The molecule has 2 atom stereocenters. The molecule has 0 aromatic rings. The van der Waals surface area contributed by atoms with E-state index in [-0.39, 0.29) is 6.10 Å². The van der Waals surface area contributed by atoms with Gasteiger partial charge in [-0.1, -0.05) is 12.2 Å². The van der Waals surface area contributed by atoms with Crippen molar-refractivity contribution < 1.29 is 5.11 Å². The summed E-state index contributed by atoms with van der Waals surface area (Å²) in [5.74, 6) is 0.619. The Labute approximate surface area is 61.7 Å². The lowest BCUT2D eigenvalue weighted by Crippen LogP contribution is -2.15. The Balaban J connectivity index is 2.30. The minimum absolute atomic E-state index is 0.200. The van der Waals surface area contributed by atoms with E-state index in [4.69, 9.17) is 10.8 Å². The summed E-state index contributed by atoms with van der Waals surface area (Å²) in [7, 11) is 0. The van der Waals surface area contributed by atoms with Gasteiger partial charge in [-0.15, -0.1) is 0 Å². The number of hydrogen-bond donors (Lipinski definition) is 2. The molecule has 0 amide bonds. The second-order valence-electron chi connectivity index (χ2n) is 2.87. The van der Waals surface area contributed by atoms with Gasteiger partial charge in [0, 0.05) is 0 Å². The standard InChI is InChI=1S/C8H15NO/c9-6-5-7-1-3-8(10)4-2-7/h1,3,7-8,10H,2,4-6,9H2. The average molecular weight is 141 g/mol. The van der Waals surface area contributed by atoms with Crippen molar-refractivity contribution in [1.29, 1.82) is 0 Å². The van der Waals surface area contributed by atoms with Gasteiger partial charge in [-0.3, -0.25) is 0 Å². The van der Waals surface area contributed by atoms with Crippen LogP contribution in [0, 0.1) is 5.92 Å². The van der Waals surface area contributed by atoms with Crippen LogP contribution in [0.5, 0.6) is 0 Å². The average Bonchev–Trinajstić information content (AvgIpc) is 1.95. The lowest BCUT2D eigenvalue weighted by atomic mass is 9.92. The summed E-state index contributed by atoms with van der Waals surface area (Å²) >= 11 is 0. The number of aliphatic hydroxyl groups is 1. The Bertz CT molecular complexity index is 122. The Hall–Kier alpha value is -0.340. The Morgan fingerprint density at radius 3 is 2.70 bits per heavy atom. The van der Waals surface area contributed by atoms with E-state index in [1.807, 2.05) is 6.08 Å². The molecule has 0 aromatic heterocycles. The monoisotopic (exact) mass is 141 g/mol. The summed E-state index contributed by atoms with van der Waals surface area (Å²) in [6.45, 7) is 0.755. The molecule has 2 unspecified atom stereocenters. The summed E-state index contributed by atoms with van der Waals surface area (Å²) in [6.07, 6.45) is 6.82. The summed E-state index contributed by atoms with van der Waals surface area (Å²) in [5.41, 5.74) is 5.40. The van der Waals surface area contributed by atoms with Gasteiger partial charge in [0.2, 0.25) is 0 Å². The third-order valence-electron chi connectivity index (χ3n) is 1.98. The van der Waals surface area contributed by atoms with E-state index in [0.29, 0.717) is 5.92 Å². The van der Waals surface area contributed by atoms with Crippen LogP contribution in [0.25, 0.3) is 0 Å². The van der Waals surface area contributed by atoms with Crippen LogP contribution in [0.1, 0.15) is 19.3 Å². The molecule has 0 bridgehead atoms. The Kier molecular flexibility index (Phi) is 2.90. The maximum absolute atomic E-state index is 9.08. The van der Waals surface area contributed by atoms with Gasteiger partial charge >= 0.3 is 0 Å². The van der Waals surface area contributed by atoms with Gasteiger partial charge in [0.1, 0.15) is 0 Å². The molecule has 0 fully saturated rings. The van der Waals surface area contributed by atoms with E-state index in [1.54, 1.807) is 0 Å². The van der Waals surface area contributed by atoms with E-state index >= 15 is 0 Å². The highest BCUT2D eigenvalue weighted by molar-refractivity contribution is 4.98. The summed E-state index contributed by atoms with van der Waals surface area (Å²) < 4.78 is 0. The van der Waals surface area contributed by atoms with Crippen LogP contribution in [-0.2, 0) is 0 Å². The predicted octanol–water partition coefficient (Wildman–Crippen LogP) is 0.662. The molecule has 3 N–H and O–H groups in total. The molecule has 1 aliphatic carbocycles. The van der Waals surface area contributed by atoms with Crippen molar-refractivity contribution in [3.05, 3.63) is 12.2 Å². The topological polar surface area (TPSA) is 46.2 Å². The summed E-state index contributed by atoms with van der Waals surface area (Å²) in [4.78, 5) is 0. The molecule has 0 saturated heterocycles. The molecule has 0 radical (unpaired) electrons. The normalized spacial score (nSPS) is 32.6. The first kappa shape index (κ1) is 7.76. The van der Waals surface area contributed by atoms with Crippen molar-refractivity contribution in [2.45, 2.75) is 25.4 Å². The zero-order valence-electron chi connectivity index (χ0n) is 6.16. The summed E-state index contributed by atoms with van der Waals surface area (Å²) in [6, 6.07) is 0. The first-order valence-electron chi connectivity index (χ1n) is 3.89. The molecule has 2 heteroatoms. The van der Waals surface area contributed by atoms with Gasteiger partial charge in [0.25, 0.3) is 0 Å². The Morgan fingerprint density at radius 2 is 2.20 bits per heavy atom.